The van der Waals surface area contributed by atoms with Crippen molar-refractivity contribution in [2.24, 2.45) is 0 Å². The van der Waals surface area contributed by atoms with Crippen molar-refractivity contribution >= 4 is 20.2 Å². The van der Waals surface area contributed by atoms with Gasteiger partial charge in [-0.3, -0.25) is 0 Å². The highest BCUT2D eigenvalue weighted by Crippen LogP contribution is 2.49. The molecule has 1 aliphatic carbocycles. The molecule has 3 rings (SSSR count). The Labute approximate surface area is 136 Å². The highest BCUT2D eigenvalue weighted by Gasteiger charge is 2.40. The third-order valence-electron chi connectivity index (χ3n) is 4.80. The second kappa shape index (κ2) is 5.02. The lowest BCUT2D eigenvalue weighted by atomic mass is 10.0. The molecule has 3 heteroatoms. The van der Waals surface area contributed by atoms with Gasteiger partial charge >= 0.3 is 0 Å². The third-order valence-corrected chi connectivity index (χ3v) is 6.87. The second-order valence-electron chi connectivity index (χ2n) is 7.81. The average Bonchev–Trinajstić information content (AvgIpc) is 2.86. The maximum Gasteiger partial charge on any atom is 0.135 e. The summed E-state index contributed by atoms with van der Waals surface area (Å²) in [6, 6.07) is 9.39. The largest absolute Gasteiger partial charge is 0.394 e. The Hall–Kier alpha value is -1.48. The molecule has 2 nitrogen and oxygen atoms in total. The standard InChI is InChI=1S/C19H28N2Si/c1-13-12-16-14-10-8-9-11-15(14)18(17(16)20(13)5)21(22(6)7)19(2,3)4/h8-13,22H,1-7H3. The third kappa shape index (κ3) is 2.14. The zero-order valence-corrected chi connectivity index (χ0v) is 16.1. The van der Waals surface area contributed by atoms with Crippen LogP contribution in [0, 0.1) is 0 Å². The van der Waals surface area contributed by atoms with E-state index in [4.69, 9.17) is 0 Å². The Kier molecular flexibility index (Phi) is 3.52. The van der Waals surface area contributed by atoms with Gasteiger partial charge in [-0.05, 0) is 33.3 Å². The van der Waals surface area contributed by atoms with Crippen LogP contribution in [-0.2, 0) is 0 Å². The van der Waals surface area contributed by atoms with Crippen LogP contribution in [0.15, 0.2) is 36.0 Å². The Balaban J connectivity index is 2.28. The lowest BCUT2D eigenvalue weighted by molar-refractivity contribution is 0.328. The topological polar surface area (TPSA) is 6.48 Å². The van der Waals surface area contributed by atoms with Crippen LogP contribution >= 0.6 is 0 Å². The molecule has 1 heterocycles. The Bertz CT molecular complexity index is 664. The Morgan fingerprint density at radius 3 is 2.23 bits per heavy atom. The first-order chi connectivity index (χ1) is 10.2. The van der Waals surface area contributed by atoms with E-state index in [0.717, 1.165) is 0 Å². The fourth-order valence-electron chi connectivity index (χ4n) is 4.00. The molecule has 1 aromatic carbocycles. The van der Waals surface area contributed by atoms with Crippen molar-refractivity contribution in [3.63, 3.8) is 0 Å². The van der Waals surface area contributed by atoms with Gasteiger partial charge in [-0.1, -0.05) is 43.4 Å². The smallest absolute Gasteiger partial charge is 0.135 e. The van der Waals surface area contributed by atoms with E-state index in [-0.39, 0.29) is 5.54 Å². The average molecular weight is 313 g/mol. The summed E-state index contributed by atoms with van der Waals surface area (Å²) in [7, 11) is 1.23. The van der Waals surface area contributed by atoms with Gasteiger partial charge in [0.05, 0.1) is 11.4 Å². The maximum absolute atomic E-state index is 2.72. The summed E-state index contributed by atoms with van der Waals surface area (Å²) in [4.78, 5) is 2.44. The van der Waals surface area contributed by atoms with Crippen LogP contribution in [0.1, 0.15) is 38.8 Å². The molecule has 0 saturated heterocycles. The monoisotopic (exact) mass is 312 g/mol. The van der Waals surface area contributed by atoms with Crippen LogP contribution in [0.2, 0.25) is 13.1 Å². The van der Waals surface area contributed by atoms with Crippen molar-refractivity contribution in [2.45, 2.75) is 52.4 Å². The molecule has 2 aliphatic rings. The molecule has 0 radical (unpaired) electrons. The number of benzene rings is 1. The van der Waals surface area contributed by atoms with Crippen LogP contribution in [0.5, 0.6) is 0 Å². The summed E-state index contributed by atoms with van der Waals surface area (Å²) in [5.74, 6) is 0. The van der Waals surface area contributed by atoms with E-state index in [2.05, 4.69) is 87.6 Å². The summed E-state index contributed by atoms with van der Waals surface area (Å²) in [6.45, 7) is 14.2. The van der Waals surface area contributed by atoms with E-state index in [1.165, 1.54) is 28.1 Å². The zero-order valence-electron chi connectivity index (χ0n) is 14.9. The minimum Gasteiger partial charge on any atom is -0.394 e. The van der Waals surface area contributed by atoms with E-state index in [1.807, 2.05) is 0 Å². The van der Waals surface area contributed by atoms with Crippen molar-refractivity contribution in [2.75, 3.05) is 7.05 Å². The number of hydrogen-bond donors (Lipinski definition) is 0. The van der Waals surface area contributed by atoms with E-state index < -0.39 is 8.96 Å². The first-order valence-corrected chi connectivity index (χ1v) is 11.1. The molecule has 1 unspecified atom stereocenters. The zero-order chi connectivity index (χ0) is 16.2. The van der Waals surface area contributed by atoms with Crippen LogP contribution < -0.4 is 0 Å². The van der Waals surface area contributed by atoms with Gasteiger partial charge in [-0.25, -0.2) is 0 Å². The van der Waals surface area contributed by atoms with E-state index in [0.29, 0.717) is 6.04 Å². The van der Waals surface area contributed by atoms with Gasteiger partial charge in [-0.2, -0.15) is 0 Å². The van der Waals surface area contributed by atoms with Gasteiger partial charge < -0.3 is 9.47 Å². The van der Waals surface area contributed by atoms with Gasteiger partial charge in [0, 0.05) is 29.8 Å². The molecular weight excluding hydrogens is 284 g/mol. The fourth-order valence-corrected chi connectivity index (χ4v) is 6.33. The van der Waals surface area contributed by atoms with Crippen molar-refractivity contribution in [3.05, 3.63) is 47.2 Å². The van der Waals surface area contributed by atoms with Gasteiger partial charge in [0.25, 0.3) is 0 Å². The minimum atomic E-state index is -1.00. The molecule has 0 N–H and O–H groups in total. The first kappa shape index (κ1) is 15.4. The second-order valence-corrected chi connectivity index (χ2v) is 10.5. The summed E-state index contributed by atoms with van der Waals surface area (Å²) in [5, 5.41) is 0. The van der Waals surface area contributed by atoms with Crippen LogP contribution in [0.25, 0.3) is 11.3 Å². The lowest BCUT2D eigenvalue weighted by Gasteiger charge is -2.43. The van der Waals surface area contributed by atoms with Gasteiger partial charge in [0.1, 0.15) is 8.96 Å². The molecular formula is C19H28N2Si. The SMILES string of the molecule is CC1C=C2C(=C(N([SiH](C)C)C(C)(C)C)c3ccccc32)N1C. The summed E-state index contributed by atoms with van der Waals surface area (Å²) < 4.78 is 2.72. The molecule has 0 saturated carbocycles. The molecule has 1 aliphatic heterocycles. The number of allylic oxidation sites excluding steroid dienone is 1. The van der Waals surface area contributed by atoms with E-state index in [1.54, 1.807) is 0 Å². The number of fused-ring (bicyclic) bond motifs is 3. The Morgan fingerprint density at radius 2 is 1.68 bits per heavy atom. The maximum atomic E-state index is 2.72. The first-order valence-electron chi connectivity index (χ1n) is 8.32. The molecule has 0 bridgehead atoms. The quantitative estimate of drug-likeness (QED) is 0.756. The van der Waals surface area contributed by atoms with Crippen molar-refractivity contribution in [1.29, 1.82) is 0 Å². The Morgan fingerprint density at radius 1 is 1.09 bits per heavy atom. The number of likely N-dealkylation sites (N-methyl/N-ethyl adjacent to an activating group) is 1. The molecule has 118 valence electrons. The van der Waals surface area contributed by atoms with Crippen molar-refractivity contribution in [3.8, 4) is 0 Å². The van der Waals surface area contributed by atoms with Crippen LogP contribution in [0.3, 0.4) is 0 Å². The van der Waals surface area contributed by atoms with Crippen molar-refractivity contribution < 1.29 is 0 Å². The van der Waals surface area contributed by atoms with Gasteiger partial charge in [-0.15, -0.1) is 0 Å². The highest BCUT2D eigenvalue weighted by atomic mass is 28.3. The molecule has 0 aromatic heterocycles. The van der Waals surface area contributed by atoms with Crippen LogP contribution in [0.4, 0.5) is 0 Å². The van der Waals surface area contributed by atoms with Crippen LogP contribution in [-0.4, -0.2) is 37.1 Å². The van der Waals surface area contributed by atoms with Gasteiger partial charge in [0.2, 0.25) is 0 Å². The molecule has 0 amide bonds. The predicted molar refractivity (Wildman–Crippen MR) is 99.0 cm³/mol. The van der Waals surface area contributed by atoms with Crippen molar-refractivity contribution in [1.82, 2.24) is 9.47 Å². The molecule has 1 aromatic rings. The van der Waals surface area contributed by atoms with E-state index in [9.17, 15) is 0 Å². The number of hydrogen-bond acceptors (Lipinski definition) is 2. The number of nitrogens with zero attached hydrogens (tertiary/aromatic N) is 2. The summed E-state index contributed by atoms with van der Waals surface area (Å²) in [6.07, 6.45) is 2.42. The van der Waals surface area contributed by atoms with E-state index >= 15 is 0 Å². The summed E-state index contributed by atoms with van der Waals surface area (Å²) >= 11 is 0. The molecule has 1 atom stereocenters. The highest BCUT2D eigenvalue weighted by molar-refractivity contribution is 6.54. The molecule has 22 heavy (non-hydrogen) atoms. The molecule has 0 fully saturated rings. The number of rotatable bonds is 2. The molecule has 0 spiro atoms. The fraction of sp³-hybridized carbons (Fsp3) is 0.474. The lowest BCUT2D eigenvalue weighted by Crippen LogP contribution is -2.47. The van der Waals surface area contributed by atoms with Gasteiger partial charge in [0.15, 0.2) is 0 Å². The normalized spacial score (nSPS) is 20.5. The predicted octanol–water partition coefficient (Wildman–Crippen LogP) is 4.17. The summed E-state index contributed by atoms with van der Waals surface area (Å²) in [5.41, 5.74) is 7.31. The minimum absolute atomic E-state index is 0.151.